The molecule has 5 nitrogen and oxygen atoms in total. The zero-order chi connectivity index (χ0) is 22.0. The van der Waals surface area contributed by atoms with Crippen LogP contribution in [0.4, 0.5) is 0 Å². The number of benzene rings is 2. The van der Waals surface area contributed by atoms with E-state index in [0.29, 0.717) is 16.8 Å². The lowest BCUT2D eigenvalue weighted by molar-refractivity contribution is 0.242. The summed E-state index contributed by atoms with van der Waals surface area (Å²) in [4.78, 5) is 9.75. The van der Waals surface area contributed by atoms with Gasteiger partial charge in [-0.2, -0.15) is 0 Å². The van der Waals surface area contributed by atoms with Crippen LogP contribution < -0.4 is 16.2 Å². The zero-order valence-electron chi connectivity index (χ0n) is 18.8. The summed E-state index contributed by atoms with van der Waals surface area (Å²) in [5.74, 6) is 1.81. The van der Waals surface area contributed by atoms with E-state index in [2.05, 4.69) is 6.07 Å². The molecule has 1 aliphatic rings. The van der Waals surface area contributed by atoms with E-state index in [4.69, 9.17) is 37.8 Å². The average molecular weight is 510 g/mol. The lowest BCUT2D eigenvalue weighted by Gasteiger charge is -2.34. The standard InChI is InChI=1S/C25H29ClN4O.2ClH/c1-16(2)31-20-8-9-22-21(15-20)24(18-11-13-25(27,28)14-12-18)30-23(29-22)10-5-17-3-6-19(26)7-4-17;;/h3-10,15-16,18H,11-14,27-28H2,1-2H3;2*1H. The summed E-state index contributed by atoms with van der Waals surface area (Å²) in [6.07, 6.45) is 7.44. The summed E-state index contributed by atoms with van der Waals surface area (Å²) in [6, 6.07) is 13.7. The third-order valence-electron chi connectivity index (χ3n) is 5.68. The number of halogens is 3. The van der Waals surface area contributed by atoms with Gasteiger partial charge < -0.3 is 16.2 Å². The fourth-order valence-corrected chi connectivity index (χ4v) is 4.18. The Morgan fingerprint density at radius 2 is 1.67 bits per heavy atom. The highest BCUT2D eigenvalue weighted by Gasteiger charge is 2.30. The van der Waals surface area contributed by atoms with Crippen molar-refractivity contribution in [3.8, 4) is 5.75 Å². The molecule has 0 aliphatic heterocycles. The highest BCUT2D eigenvalue weighted by atomic mass is 35.5. The Labute approximate surface area is 212 Å². The van der Waals surface area contributed by atoms with Crippen molar-refractivity contribution in [3.63, 3.8) is 0 Å². The molecule has 3 aromatic rings. The summed E-state index contributed by atoms with van der Waals surface area (Å²) in [6.45, 7) is 4.05. The van der Waals surface area contributed by atoms with Gasteiger partial charge in [0.05, 0.1) is 23.0 Å². The molecule has 0 atom stereocenters. The molecule has 4 rings (SSSR count). The molecular weight excluding hydrogens is 479 g/mol. The van der Waals surface area contributed by atoms with E-state index >= 15 is 0 Å². The van der Waals surface area contributed by atoms with Crippen LogP contribution >= 0.6 is 36.4 Å². The second-order valence-electron chi connectivity index (χ2n) is 8.70. The minimum absolute atomic E-state index is 0. The molecule has 0 radical (unpaired) electrons. The number of aromatic nitrogens is 2. The van der Waals surface area contributed by atoms with Gasteiger partial charge in [-0.05, 0) is 81.5 Å². The molecule has 2 aromatic carbocycles. The number of hydrogen-bond acceptors (Lipinski definition) is 5. The molecule has 1 aliphatic carbocycles. The van der Waals surface area contributed by atoms with E-state index in [1.807, 2.05) is 62.4 Å². The fraction of sp³-hybridized carbons (Fsp3) is 0.360. The molecule has 8 heteroatoms. The molecule has 1 aromatic heterocycles. The number of rotatable bonds is 5. The number of fused-ring (bicyclic) bond motifs is 1. The van der Waals surface area contributed by atoms with Gasteiger partial charge in [-0.3, -0.25) is 0 Å². The summed E-state index contributed by atoms with van der Waals surface area (Å²) < 4.78 is 5.92. The minimum Gasteiger partial charge on any atom is -0.491 e. The van der Waals surface area contributed by atoms with Crippen molar-refractivity contribution in [3.05, 3.63) is 64.6 Å². The summed E-state index contributed by atoms with van der Waals surface area (Å²) in [5.41, 5.74) is 14.8. The van der Waals surface area contributed by atoms with Crippen molar-refractivity contribution in [2.75, 3.05) is 0 Å². The molecule has 1 heterocycles. The molecule has 0 amide bonds. The molecule has 0 spiro atoms. The van der Waals surface area contributed by atoms with Gasteiger partial charge in [0, 0.05) is 16.3 Å². The van der Waals surface area contributed by atoms with Gasteiger partial charge in [-0.25, -0.2) is 9.97 Å². The Morgan fingerprint density at radius 1 is 1.00 bits per heavy atom. The third kappa shape index (κ3) is 7.05. The predicted molar refractivity (Wildman–Crippen MR) is 142 cm³/mol. The van der Waals surface area contributed by atoms with Crippen LogP contribution in [0.15, 0.2) is 42.5 Å². The summed E-state index contributed by atoms with van der Waals surface area (Å²) >= 11 is 5.99. The molecule has 0 bridgehead atoms. The summed E-state index contributed by atoms with van der Waals surface area (Å²) in [5, 5.41) is 1.75. The first-order valence-corrected chi connectivity index (χ1v) is 11.2. The number of nitrogens with zero attached hydrogens (tertiary/aromatic N) is 2. The number of nitrogens with two attached hydrogens (primary N) is 2. The lowest BCUT2D eigenvalue weighted by Crippen LogP contribution is -2.51. The SMILES string of the molecule is CC(C)Oc1ccc2nc(C=Cc3ccc(Cl)cc3)nc(C3CCC(N)(N)CC3)c2c1.Cl.Cl. The lowest BCUT2D eigenvalue weighted by atomic mass is 9.80. The van der Waals surface area contributed by atoms with Crippen molar-refractivity contribution in [2.24, 2.45) is 11.5 Å². The van der Waals surface area contributed by atoms with E-state index < -0.39 is 5.66 Å². The van der Waals surface area contributed by atoms with Crippen molar-refractivity contribution in [1.82, 2.24) is 9.97 Å². The predicted octanol–water partition coefficient (Wildman–Crippen LogP) is 6.36. The second-order valence-corrected chi connectivity index (χ2v) is 9.14. The maximum absolute atomic E-state index is 6.17. The normalized spacial score (nSPS) is 15.9. The minimum atomic E-state index is -0.581. The van der Waals surface area contributed by atoms with Crippen molar-refractivity contribution in [2.45, 2.75) is 57.2 Å². The highest BCUT2D eigenvalue weighted by molar-refractivity contribution is 6.30. The van der Waals surface area contributed by atoms with Crippen LogP contribution in [0.5, 0.6) is 5.75 Å². The van der Waals surface area contributed by atoms with E-state index in [0.717, 1.165) is 53.6 Å². The topological polar surface area (TPSA) is 87.0 Å². The van der Waals surface area contributed by atoms with Crippen LogP contribution in [0.2, 0.25) is 5.02 Å². The Morgan fingerprint density at radius 3 is 2.30 bits per heavy atom. The Hall–Kier alpha value is -1.89. The van der Waals surface area contributed by atoms with E-state index in [-0.39, 0.29) is 30.9 Å². The van der Waals surface area contributed by atoms with Crippen LogP contribution in [-0.4, -0.2) is 21.7 Å². The summed E-state index contributed by atoms with van der Waals surface area (Å²) in [7, 11) is 0. The average Bonchev–Trinajstić information content (AvgIpc) is 2.72. The second kappa shape index (κ2) is 11.5. The van der Waals surface area contributed by atoms with E-state index in [9.17, 15) is 0 Å². The fourth-order valence-electron chi connectivity index (χ4n) is 4.05. The van der Waals surface area contributed by atoms with Crippen LogP contribution in [0.1, 0.15) is 62.5 Å². The van der Waals surface area contributed by atoms with E-state index in [1.165, 1.54) is 0 Å². The third-order valence-corrected chi connectivity index (χ3v) is 5.94. The monoisotopic (exact) mass is 508 g/mol. The molecule has 0 saturated heterocycles. The maximum Gasteiger partial charge on any atom is 0.152 e. The van der Waals surface area contributed by atoms with E-state index in [1.54, 1.807) is 0 Å². The van der Waals surface area contributed by atoms with Crippen LogP contribution in [-0.2, 0) is 0 Å². The van der Waals surface area contributed by atoms with Gasteiger partial charge >= 0.3 is 0 Å². The first kappa shape index (κ1) is 27.4. The molecule has 4 N–H and O–H groups in total. The Bertz CT molecular complexity index is 1090. The molecule has 178 valence electrons. The van der Waals surface area contributed by atoms with Gasteiger partial charge in [0.2, 0.25) is 0 Å². The van der Waals surface area contributed by atoms with Gasteiger partial charge in [0.15, 0.2) is 5.82 Å². The Balaban J connectivity index is 0.00000193. The van der Waals surface area contributed by atoms with Crippen molar-refractivity contribution >= 4 is 59.5 Å². The van der Waals surface area contributed by atoms with Crippen LogP contribution in [0.3, 0.4) is 0 Å². The molecule has 1 fully saturated rings. The van der Waals surface area contributed by atoms with Crippen molar-refractivity contribution < 1.29 is 4.74 Å². The van der Waals surface area contributed by atoms with Crippen LogP contribution in [0, 0.1) is 0 Å². The van der Waals surface area contributed by atoms with Gasteiger partial charge in [0.25, 0.3) is 0 Å². The molecular formula is C25H31Cl3N4O. The van der Waals surface area contributed by atoms with Crippen molar-refractivity contribution in [1.29, 1.82) is 0 Å². The molecule has 33 heavy (non-hydrogen) atoms. The quantitative estimate of drug-likeness (QED) is 0.391. The largest absolute Gasteiger partial charge is 0.491 e. The highest BCUT2D eigenvalue weighted by Crippen LogP contribution is 2.37. The molecule has 0 unspecified atom stereocenters. The van der Waals surface area contributed by atoms with Crippen LogP contribution in [0.25, 0.3) is 23.1 Å². The number of hydrogen-bond donors (Lipinski definition) is 2. The first-order chi connectivity index (χ1) is 14.8. The van der Waals surface area contributed by atoms with Gasteiger partial charge in [-0.15, -0.1) is 24.8 Å². The smallest absolute Gasteiger partial charge is 0.152 e. The molecule has 1 saturated carbocycles. The zero-order valence-corrected chi connectivity index (χ0v) is 21.2. The Kier molecular flexibility index (Phi) is 9.53. The van der Waals surface area contributed by atoms with Gasteiger partial charge in [0.1, 0.15) is 5.75 Å². The maximum atomic E-state index is 6.17. The van der Waals surface area contributed by atoms with Gasteiger partial charge in [-0.1, -0.05) is 29.8 Å². The number of ether oxygens (including phenoxy) is 1. The first-order valence-electron chi connectivity index (χ1n) is 10.8.